The second-order valence-corrected chi connectivity index (χ2v) is 9.11. The molecule has 0 aliphatic heterocycles. The third kappa shape index (κ3) is 6.99. The van der Waals surface area contributed by atoms with Crippen molar-refractivity contribution in [3.63, 3.8) is 0 Å². The molecule has 1 heterocycles. The number of nitrogens with one attached hydrogen (secondary N) is 1. The van der Waals surface area contributed by atoms with Gasteiger partial charge >= 0.3 is 0 Å². The Morgan fingerprint density at radius 2 is 1.90 bits per heavy atom. The summed E-state index contributed by atoms with van der Waals surface area (Å²) >= 11 is 3.33. The van der Waals surface area contributed by atoms with Crippen molar-refractivity contribution in [3.8, 4) is 0 Å². The van der Waals surface area contributed by atoms with Crippen molar-refractivity contribution in [3.05, 3.63) is 82.4 Å². The maximum Gasteiger partial charge on any atom is 0.251 e. The molecule has 0 radical (unpaired) electrons. The number of aromatic nitrogens is 1. The predicted octanol–water partition coefficient (Wildman–Crippen LogP) is 5.00. The summed E-state index contributed by atoms with van der Waals surface area (Å²) in [7, 11) is 2.11. The molecule has 0 atom stereocenters. The summed E-state index contributed by atoms with van der Waals surface area (Å²) in [4.78, 5) is 19.4. The minimum Gasteiger partial charge on any atom is -0.352 e. The van der Waals surface area contributed by atoms with E-state index < -0.39 is 0 Å². The van der Waals surface area contributed by atoms with E-state index in [0.29, 0.717) is 6.54 Å². The highest BCUT2D eigenvalue weighted by Crippen LogP contribution is 2.27. The molecule has 1 amide bonds. The number of benzene rings is 2. The van der Waals surface area contributed by atoms with E-state index in [4.69, 9.17) is 0 Å². The van der Waals surface area contributed by atoms with Crippen LogP contribution in [0.5, 0.6) is 0 Å². The van der Waals surface area contributed by atoms with Gasteiger partial charge in [0.05, 0.1) is 0 Å². The number of thiazole rings is 1. The highest BCUT2D eigenvalue weighted by Gasteiger charge is 2.11. The summed E-state index contributed by atoms with van der Waals surface area (Å²) in [5, 5.41) is 5.12. The molecule has 29 heavy (non-hydrogen) atoms. The van der Waals surface area contributed by atoms with E-state index in [2.05, 4.69) is 51.9 Å². The van der Waals surface area contributed by atoms with Crippen LogP contribution in [0.3, 0.4) is 0 Å². The fourth-order valence-corrected chi connectivity index (χ4v) is 4.88. The van der Waals surface area contributed by atoms with Crippen LogP contribution in [0.1, 0.15) is 33.6 Å². The molecule has 0 aliphatic carbocycles. The number of thioether (sulfide) groups is 1. The van der Waals surface area contributed by atoms with Gasteiger partial charge in [0, 0.05) is 35.5 Å². The number of carbonyl (C=O) groups is 1. The predicted molar refractivity (Wildman–Crippen MR) is 123 cm³/mol. The summed E-state index contributed by atoms with van der Waals surface area (Å²) in [5.74, 6) is 0.748. The van der Waals surface area contributed by atoms with Crippen LogP contribution >= 0.6 is 23.1 Å². The van der Waals surface area contributed by atoms with Crippen molar-refractivity contribution < 1.29 is 4.79 Å². The number of hydrogen-bond acceptors (Lipinski definition) is 5. The summed E-state index contributed by atoms with van der Waals surface area (Å²) in [6.45, 7) is 4.53. The molecule has 1 N–H and O–H groups in total. The molecule has 4 nitrogen and oxygen atoms in total. The van der Waals surface area contributed by atoms with Gasteiger partial charge in [0.1, 0.15) is 4.34 Å². The zero-order valence-corrected chi connectivity index (χ0v) is 18.6. The molecule has 0 spiro atoms. The molecule has 0 fully saturated rings. The van der Waals surface area contributed by atoms with Crippen LogP contribution in [-0.4, -0.2) is 35.9 Å². The molecule has 6 heteroatoms. The van der Waals surface area contributed by atoms with Crippen LogP contribution in [-0.2, 0) is 12.3 Å². The molecule has 2 aromatic carbocycles. The van der Waals surface area contributed by atoms with Crippen LogP contribution in [0.15, 0.2) is 64.3 Å². The monoisotopic (exact) mass is 425 g/mol. The lowest BCUT2D eigenvalue weighted by atomic mass is 10.1. The van der Waals surface area contributed by atoms with Gasteiger partial charge in [-0.15, -0.1) is 11.3 Å². The molecule has 0 aliphatic rings. The SMILES string of the molecule is Cc1csc(SCc2ccccc2C(=O)NCCCN(C)Cc2ccccc2)n1. The zero-order valence-electron chi connectivity index (χ0n) is 16.9. The lowest BCUT2D eigenvalue weighted by Gasteiger charge is -2.17. The number of amides is 1. The first-order chi connectivity index (χ1) is 14.1. The molecule has 0 bridgehead atoms. The summed E-state index contributed by atoms with van der Waals surface area (Å²) in [6.07, 6.45) is 0.921. The van der Waals surface area contributed by atoms with Crippen LogP contribution < -0.4 is 5.32 Å². The van der Waals surface area contributed by atoms with Crippen LogP contribution in [0.2, 0.25) is 0 Å². The van der Waals surface area contributed by atoms with Gasteiger partial charge in [-0.2, -0.15) is 0 Å². The van der Waals surface area contributed by atoms with Gasteiger partial charge in [-0.3, -0.25) is 4.79 Å². The van der Waals surface area contributed by atoms with E-state index in [1.165, 1.54) is 5.56 Å². The van der Waals surface area contributed by atoms with Gasteiger partial charge in [0.15, 0.2) is 0 Å². The fourth-order valence-electron chi connectivity index (χ4n) is 3.03. The summed E-state index contributed by atoms with van der Waals surface area (Å²) in [5.41, 5.74) is 4.15. The number of hydrogen-bond donors (Lipinski definition) is 1. The number of aryl methyl sites for hydroxylation is 1. The van der Waals surface area contributed by atoms with Gasteiger partial charge in [-0.05, 0) is 44.1 Å². The van der Waals surface area contributed by atoms with E-state index in [9.17, 15) is 4.79 Å². The molecule has 0 unspecified atom stereocenters. The molecule has 1 aromatic heterocycles. The second-order valence-electron chi connectivity index (χ2n) is 7.03. The first kappa shape index (κ1) is 21.6. The topological polar surface area (TPSA) is 45.2 Å². The molecule has 3 rings (SSSR count). The maximum absolute atomic E-state index is 12.7. The lowest BCUT2D eigenvalue weighted by Crippen LogP contribution is -2.28. The van der Waals surface area contributed by atoms with Gasteiger partial charge in [-0.25, -0.2) is 4.98 Å². The van der Waals surface area contributed by atoms with Crippen molar-refractivity contribution in [1.29, 1.82) is 0 Å². The molecule has 0 saturated heterocycles. The van der Waals surface area contributed by atoms with Crippen molar-refractivity contribution in [2.75, 3.05) is 20.1 Å². The van der Waals surface area contributed by atoms with Gasteiger partial charge in [0.25, 0.3) is 5.91 Å². The Morgan fingerprint density at radius 3 is 2.66 bits per heavy atom. The lowest BCUT2D eigenvalue weighted by molar-refractivity contribution is 0.0951. The Bertz CT molecular complexity index is 911. The van der Waals surface area contributed by atoms with Crippen LogP contribution in [0.4, 0.5) is 0 Å². The number of nitrogens with zero attached hydrogens (tertiary/aromatic N) is 2. The van der Waals surface area contributed by atoms with E-state index >= 15 is 0 Å². The average molecular weight is 426 g/mol. The fraction of sp³-hybridized carbons (Fsp3) is 0.304. The molecule has 152 valence electrons. The molecule has 3 aromatic rings. The largest absolute Gasteiger partial charge is 0.352 e. The van der Waals surface area contributed by atoms with Crippen LogP contribution in [0, 0.1) is 6.92 Å². The van der Waals surface area contributed by atoms with Gasteiger partial charge < -0.3 is 10.2 Å². The highest BCUT2D eigenvalue weighted by atomic mass is 32.2. The third-order valence-electron chi connectivity index (χ3n) is 4.51. The standard InChI is InChI=1S/C23H27N3OS2/c1-18-16-28-23(25-18)29-17-20-11-6-7-12-21(20)22(27)24-13-8-14-26(2)15-19-9-4-3-5-10-19/h3-7,9-12,16H,8,13-15,17H2,1-2H3,(H,24,27). The summed E-state index contributed by atoms with van der Waals surface area (Å²) < 4.78 is 1.04. The Hall–Kier alpha value is -2.15. The molecule has 0 saturated carbocycles. The minimum absolute atomic E-state index is 0.00207. The normalized spacial score (nSPS) is 11.0. The Kier molecular flexibility index (Phi) is 8.28. The smallest absolute Gasteiger partial charge is 0.251 e. The quantitative estimate of drug-likeness (QED) is 0.367. The van der Waals surface area contributed by atoms with Crippen molar-refractivity contribution in [2.24, 2.45) is 0 Å². The number of carbonyl (C=O) groups excluding carboxylic acids is 1. The summed E-state index contributed by atoms with van der Waals surface area (Å²) in [6, 6.07) is 18.3. The average Bonchev–Trinajstić information content (AvgIpc) is 3.15. The Morgan fingerprint density at radius 1 is 1.14 bits per heavy atom. The first-order valence-corrected chi connectivity index (χ1v) is 11.6. The van der Waals surface area contributed by atoms with E-state index in [1.807, 2.05) is 37.3 Å². The maximum atomic E-state index is 12.7. The minimum atomic E-state index is 0.00207. The Balaban J connectivity index is 1.44. The first-order valence-electron chi connectivity index (χ1n) is 9.75. The van der Waals surface area contributed by atoms with E-state index in [-0.39, 0.29) is 5.91 Å². The number of rotatable bonds is 10. The molecular weight excluding hydrogens is 398 g/mol. The van der Waals surface area contributed by atoms with Crippen molar-refractivity contribution in [1.82, 2.24) is 15.2 Å². The van der Waals surface area contributed by atoms with E-state index in [0.717, 1.165) is 46.4 Å². The third-order valence-corrected chi connectivity index (χ3v) is 6.70. The zero-order chi connectivity index (χ0) is 20.5. The van der Waals surface area contributed by atoms with E-state index in [1.54, 1.807) is 23.1 Å². The van der Waals surface area contributed by atoms with Gasteiger partial charge in [-0.1, -0.05) is 60.3 Å². The highest BCUT2D eigenvalue weighted by molar-refractivity contribution is 8.00. The second kappa shape index (κ2) is 11.1. The van der Waals surface area contributed by atoms with Gasteiger partial charge in [0.2, 0.25) is 0 Å². The van der Waals surface area contributed by atoms with Crippen molar-refractivity contribution in [2.45, 2.75) is 30.0 Å². The molecular formula is C23H27N3OS2. The van der Waals surface area contributed by atoms with Crippen molar-refractivity contribution >= 4 is 29.0 Å². The Labute approximate surface area is 181 Å². The van der Waals surface area contributed by atoms with Crippen LogP contribution in [0.25, 0.3) is 0 Å².